The van der Waals surface area contributed by atoms with Crippen LogP contribution in [0.25, 0.3) is 0 Å². The van der Waals surface area contributed by atoms with Crippen LogP contribution >= 0.6 is 11.8 Å². The van der Waals surface area contributed by atoms with E-state index >= 15 is 0 Å². The molecule has 0 aliphatic carbocycles. The minimum absolute atomic E-state index is 0.0886. The Morgan fingerprint density at radius 2 is 2.20 bits per heavy atom. The number of carbonyl (C=O) groups excluding carboxylic acids is 1. The van der Waals surface area contributed by atoms with Gasteiger partial charge >= 0.3 is 12.0 Å². The van der Waals surface area contributed by atoms with Gasteiger partial charge in [-0.3, -0.25) is 4.90 Å². The Bertz CT molecular complexity index is 532. The number of carbonyl (C=O) groups is 2. The molecule has 1 aliphatic heterocycles. The molecule has 2 N–H and O–H groups in total. The second-order valence-corrected chi connectivity index (χ2v) is 5.90. The molecule has 1 heterocycles. The molecule has 2 rings (SSSR count). The molecule has 2 amide bonds. The average molecular weight is 298 g/mol. The van der Waals surface area contributed by atoms with Crippen molar-refractivity contribution in [2.75, 3.05) is 11.1 Å². The number of aryl methyl sites for hydroxylation is 1. The third-order valence-electron chi connectivity index (χ3n) is 3.20. The molecule has 0 saturated carbocycles. The van der Waals surface area contributed by atoms with Gasteiger partial charge < -0.3 is 10.4 Å². The number of nitrogens with zero attached hydrogens (tertiary/aromatic N) is 1. The van der Waals surface area contributed by atoms with E-state index in [1.165, 1.54) is 22.7 Å². The van der Waals surface area contributed by atoms with Crippen molar-refractivity contribution in [3.05, 3.63) is 29.6 Å². The maximum absolute atomic E-state index is 13.7. The molecule has 2 unspecified atom stereocenters. The van der Waals surface area contributed by atoms with Gasteiger partial charge in [0.25, 0.3) is 0 Å². The Hall–Kier alpha value is -1.76. The second kappa shape index (κ2) is 5.70. The van der Waals surface area contributed by atoms with Crippen LogP contribution in [0.5, 0.6) is 0 Å². The van der Waals surface area contributed by atoms with E-state index in [1.807, 2.05) is 0 Å². The normalized spacial score (nSPS) is 21.9. The molecule has 0 bridgehead atoms. The van der Waals surface area contributed by atoms with Crippen molar-refractivity contribution >= 4 is 29.4 Å². The van der Waals surface area contributed by atoms with E-state index in [0.717, 1.165) is 0 Å². The zero-order chi connectivity index (χ0) is 14.9. The molecule has 0 spiro atoms. The second-order valence-electron chi connectivity index (χ2n) is 4.56. The van der Waals surface area contributed by atoms with Crippen LogP contribution in [0.1, 0.15) is 12.5 Å². The molecule has 1 fully saturated rings. The molecule has 5 nitrogen and oxygen atoms in total. The number of thioether (sulfide) groups is 1. The zero-order valence-corrected chi connectivity index (χ0v) is 11.9. The summed E-state index contributed by atoms with van der Waals surface area (Å²) < 4.78 is 13.7. The van der Waals surface area contributed by atoms with Gasteiger partial charge in [0, 0.05) is 5.75 Å². The lowest BCUT2D eigenvalue weighted by molar-refractivity contribution is -0.141. The summed E-state index contributed by atoms with van der Waals surface area (Å²) in [5, 5.41) is 11.3. The van der Waals surface area contributed by atoms with Crippen LogP contribution < -0.4 is 5.32 Å². The Kier molecular flexibility index (Phi) is 4.17. The van der Waals surface area contributed by atoms with Crippen LogP contribution in [-0.4, -0.2) is 39.2 Å². The van der Waals surface area contributed by atoms with Gasteiger partial charge in [0.1, 0.15) is 11.9 Å². The first-order valence-electron chi connectivity index (χ1n) is 6.10. The summed E-state index contributed by atoms with van der Waals surface area (Å²) in [5.41, 5.74) is 0.676. The highest BCUT2D eigenvalue weighted by atomic mass is 32.2. The maximum atomic E-state index is 13.7. The minimum Gasteiger partial charge on any atom is -0.480 e. The number of para-hydroxylation sites is 1. The summed E-state index contributed by atoms with van der Waals surface area (Å²) in [7, 11) is 0. The Morgan fingerprint density at radius 3 is 2.80 bits per heavy atom. The highest BCUT2D eigenvalue weighted by Gasteiger charge is 2.39. The molecule has 20 heavy (non-hydrogen) atoms. The number of nitrogens with one attached hydrogen (secondary N) is 1. The van der Waals surface area contributed by atoms with Gasteiger partial charge in [-0.25, -0.2) is 14.0 Å². The van der Waals surface area contributed by atoms with E-state index in [-0.39, 0.29) is 11.1 Å². The number of hydrogen-bond donors (Lipinski definition) is 2. The Balaban J connectivity index is 2.21. The van der Waals surface area contributed by atoms with Crippen molar-refractivity contribution in [1.82, 2.24) is 4.90 Å². The third kappa shape index (κ3) is 2.72. The molecule has 1 saturated heterocycles. The molecule has 1 aromatic rings. The number of benzene rings is 1. The molecule has 0 aromatic heterocycles. The molecular weight excluding hydrogens is 283 g/mol. The van der Waals surface area contributed by atoms with Gasteiger partial charge in [-0.1, -0.05) is 12.1 Å². The van der Waals surface area contributed by atoms with Crippen molar-refractivity contribution in [1.29, 1.82) is 0 Å². The number of aliphatic carboxylic acids is 1. The summed E-state index contributed by atoms with van der Waals surface area (Å²) in [6.07, 6.45) is 0. The lowest BCUT2D eigenvalue weighted by atomic mass is 10.2. The number of amides is 2. The van der Waals surface area contributed by atoms with E-state index in [9.17, 15) is 14.0 Å². The zero-order valence-electron chi connectivity index (χ0n) is 11.1. The van der Waals surface area contributed by atoms with Crippen LogP contribution in [-0.2, 0) is 4.79 Å². The monoisotopic (exact) mass is 298 g/mol. The van der Waals surface area contributed by atoms with Gasteiger partial charge in [-0.05, 0) is 25.5 Å². The highest BCUT2D eigenvalue weighted by molar-refractivity contribution is 8.00. The number of carboxylic acid groups (broad SMARTS) is 1. The molecule has 1 aromatic carbocycles. The molecule has 7 heteroatoms. The van der Waals surface area contributed by atoms with Gasteiger partial charge in [-0.2, -0.15) is 0 Å². The predicted octanol–water partition coefficient (Wildman–Crippen LogP) is 2.51. The van der Waals surface area contributed by atoms with Crippen molar-refractivity contribution in [2.24, 2.45) is 0 Å². The number of rotatable bonds is 2. The lowest BCUT2D eigenvalue weighted by Gasteiger charge is -2.25. The van der Waals surface area contributed by atoms with Gasteiger partial charge in [0.15, 0.2) is 0 Å². The summed E-state index contributed by atoms with van der Waals surface area (Å²) in [6.45, 7) is 3.43. The summed E-state index contributed by atoms with van der Waals surface area (Å²) in [6, 6.07) is 2.99. The maximum Gasteiger partial charge on any atom is 0.327 e. The van der Waals surface area contributed by atoms with E-state index in [0.29, 0.717) is 11.3 Å². The van der Waals surface area contributed by atoms with E-state index in [1.54, 1.807) is 26.0 Å². The summed E-state index contributed by atoms with van der Waals surface area (Å²) >= 11 is 1.38. The van der Waals surface area contributed by atoms with Crippen molar-refractivity contribution in [2.45, 2.75) is 25.3 Å². The fraction of sp³-hybridized carbons (Fsp3) is 0.385. The Morgan fingerprint density at radius 1 is 1.50 bits per heavy atom. The predicted molar refractivity (Wildman–Crippen MR) is 75.3 cm³/mol. The third-order valence-corrected chi connectivity index (χ3v) is 4.41. The number of carboxylic acids is 1. The molecule has 108 valence electrons. The van der Waals surface area contributed by atoms with Crippen molar-refractivity contribution < 1.29 is 19.1 Å². The lowest BCUT2D eigenvalue weighted by Crippen LogP contribution is -2.47. The SMILES string of the molecule is Cc1cccc(F)c1NC(=O)N1C(C)SCC1C(=O)O. The first kappa shape index (κ1) is 14.6. The van der Waals surface area contributed by atoms with Gasteiger partial charge in [0.05, 0.1) is 11.1 Å². The fourth-order valence-electron chi connectivity index (χ4n) is 2.10. The number of hydrogen-bond acceptors (Lipinski definition) is 3. The molecule has 2 atom stereocenters. The summed E-state index contributed by atoms with van der Waals surface area (Å²) in [5.74, 6) is -1.26. The van der Waals surface area contributed by atoms with Crippen LogP contribution in [0.15, 0.2) is 18.2 Å². The van der Waals surface area contributed by atoms with Gasteiger partial charge in [-0.15, -0.1) is 11.8 Å². The number of anilines is 1. The fourth-order valence-corrected chi connectivity index (χ4v) is 3.27. The largest absolute Gasteiger partial charge is 0.480 e. The standard InChI is InChI=1S/C13H15FN2O3S/c1-7-4-3-5-9(14)11(7)15-13(19)16-8(2)20-6-10(16)12(17)18/h3-5,8,10H,6H2,1-2H3,(H,15,19)(H,17,18). The van der Waals surface area contributed by atoms with Gasteiger partial charge in [0.2, 0.25) is 0 Å². The Labute approximate surface area is 120 Å². The van der Waals surface area contributed by atoms with Crippen LogP contribution in [0.4, 0.5) is 14.9 Å². The minimum atomic E-state index is -1.05. The van der Waals surface area contributed by atoms with Crippen LogP contribution in [0.2, 0.25) is 0 Å². The van der Waals surface area contributed by atoms with Crippen LogP contribution in [0.3, 0.4) is 0 Å². The smallest absolute Gasteiger partial charge is 0.327 e. The number of halogens is 1. The highest BCUT2D eigenvalue weighted by Crippen LogP contribution is 2.30. The van der Waals surface area contributed by atoms with Crippen molar-refractivity contribution in [3.63, 3.8) is 0 Å². The van der Waals surface area contributed by atoms with E-state index in [4.69, 9.17) is 5.11 Å². The number of urea groups is 1. The average Bonchev–Trinajstić information content (AvgIpc) is 2.76. The van der Waals surface area contributed by atoms with Crippen molar-refractivity contribution in [3.8, 4) is 0 Å². The van der Waals surface area contributed by atoms with E-state index < -0.39 is 23.9 Å². The quantitative estimate of drug-likeness (QED) is 0.880. The van der Waals surface area contributed by atoms with Crippen LogP contribution in [0, 0.1) is 12.7 Å². The molecular formula is C13H15FN2O3S. The molecule has 0 radical (unpaired) electrons. The molecule has 1 aliphatic rings. The topological polar surface area (TPSA) is 69.6 Å². The summed E-state index contributed by atoms with van der Waals surface area (Å²) in [4.78, 5) is 24.6. The first-order valence-corrected chi connectivity index (χ1v) is 7.15. The first-order chi connectivity index (χ1) is 9.41. The van der Waals surface area contributed by atoms with E-state index in [2.05, 4.69) is 5.32 Å².